The monoisotopic (exact) mass is 315 g/mol. The van der Waals surface area contributed by atoms with Crippen LogP contribution >= 0.6 is 15.9 Å². The van der Waals surface area contributed by atoms with Gasteiger partial charge in [0.2, 0.25) is 0 Å². The summed E-state index contributed by atoms with van der Waals surface area (Å²) >= 11 is 3.27. The van der Waals surface area contributed by atoms with Crippen LogP contribution in [0.15, 0.2) is 41.1 Å². The molecule has 1 aromatic carbocycles. The smallest absolute Gasteiger partial charge is 0.257 e. The topological polar surface area (TPSA) is 65.8 Å². The van der Waals surface area contributed by atoms with Gasteiger partial charge in [-0.25, -0.2) is 0 Å². The van der Waals surface area contributed by atoms with Crippen LogP contribution in [0.1, 0.15) is 21.5 Å². The minimum absolute atomic E-state index is 0.257. The van der Waals surface area contributed by atoms with Gasteiger partial charge < -0.3 is 5.32 Å². The van der Waals surface area contributed by atoms with Crippen molar-refractivity contribution >= 4 is 27.5 Å². The Morgan fingerprint density at radius 2 is 2.16 bits per heavy atom. The molecule has 0 aliphatic heterocycles. The summed E-state index contributed by atoms with van der Waals surface area (Å²) in [5.41, 5.74) is 2.49. The predicted octanol–water partition coefficient (Wildman–Crippen LogP) is 3.28. The van der Waals surface area contributed by atoms with Crippen molar-refractivity contribution in [2.75, 3.05) is 5.32 Å². The molecule has 0 aliphatic rings. The maximum absolute atomic E-state index is 12.1. The Morgan fingerprint density at radius 3 is 2.84 bits per heavy atom. The molecule has 0 saturated heterocycles. The third-order valence-corrected chi connectivity index (χ3v) is 3.02. The van der Waals surface area contributed by atoms with Gasteiger partial charge in [0.25, 0.3) is 5.91 Å². The number of amides is 1. The van der Waals surface area contributed by atoms with Gasteiger partial charge in [-0.15, -0.1) is 0 Å². The Kier molecular flexibility index (Phi) is 3.93. The van der Waals surface area contributed by atoms with Crippen LogP contribution in [0.4, 0.5) is 5.69 Å². The summed E-state index contributed by atoms with van der Waals surface area (Å²) in [5, 5.41) is 11.6. The van der Waals surface area contributed by atoms with Crippen molar-refractivity contribution in [3.8, 4) is 6.07 Å². The lowest BCUT2D eigenvalue weighted by molar-refractivity contribution is 0.102. The highest BCUT2D eigenvalue weighted by Gasteiger charge is 2.09. The van der Waals surface area contributed by atoms with Crippen molar-refractivity contribution in [1.29, 1.82) is 5.26 Å². The maximum Gasteiger partial charge on any atom is 0.257 e. The zero-order valence-corrected chi connectivity index (χ0v) is 11.7. The zero-order valence-electron chi connectivity index (χ0n) is 10.1. The number of carbonyl (C=O) groups excluding carboxylic acids is 1. The number of anilines is 1. The van der Waals surface area contributed by atoms with Crippen molar-refractivity contribution in [3.63, 3.8) is 0 Å². The van der Waals surface area contributed by atoms with Gasteiger partial charge in [-0.1, -0.05) is 6.07 Å². The molecule has 1 amide bonds. The van der Waals surface area contributed by atoms with Gasteiger partial charge in [0.05, 0.1) is 17.2 Å². The van der Waals surface area contributed by atoms with E-state index in [0.29, 0.717) is 16.8 Å². The Labute approximate surface area is 119 Å². The SMILES string of the molecule is Cc1ccc(C#N)cc1NC(=O)c1cncc(Br)c1. The first-order valence-corrected chi connectivity index (χ1v) is 6.32. The minimum atomic E-state index is -0.257. The van der Waals surface area contributed by atoms with Crippen LogP contribution in [0.5, 0.6) is 0 Å². The number of rotatable bonds is 2. The molecule has 4 nitrogen and oxygen atoms in total. The molecule has 0 spiro atoms. The normalized spacial score (nSPS) is 9.74. The molecule has 1 heterocycles. The highest BCUT2D eigenvalue weighted by molar-refractivity contribution is 9.10. The number of nitriles is 1. The second-order valence-electron chi connectivity index (χ2n) is 3.99. The third kappa shape index (κ3) is 3.18. The number of nitrogens with zero attached hydrogens (tertiary/aromatic N) is 2. The first kappa shape index (κ1) is 13.2. The number of carbonyl (C=O) groups is 1. The highest BCUT2D eigenvalue weighted by atomic mass is 79.9. The van der Waals surface area contributed by atoms with Crippen LogP contribution in [0.2, 0.25) is 0 Å². The van der Waals surface area contributed by atoms with E-state index in [1.54, 1.807) is 30.5 Å². The average Bonchev–Trinajstić information content (AvgIpc) is 2.41. The van der Waals surface area contributed by atoms with Gasteiger partial charge in [-0.3, -0.25) is 9.78 Å². The molecule has 0 radical (unpaired) electrons. The zero-order chi connectivity index (χ0) is 13.8. The van der Waals surface area contributed by atoms with Crippen LogP contribution < -0.4 is 5.32 Å². The molecule has 94 valence electrons. The number of aromatic nitrogens is 1. The van der Waals surface area contributed by atoms with Crippen molar-refractivity contribution in [3.05, 3.63) is 57.8 Å². The number of halogens is 1. The quantitative estimate of drug-likeness (QED) is 0.924. The van der Waals surface area contributed by atoms with E-state index >= 15 is 0 Å². The van der Waals surface area contributed by atoms with Crippen LogP contribution in [0.25, 0.3) is 0 Å². The van der Waals surface area contributed by atoms with E-state index < -0.39 is 0 Å². The molecule has 0 bridgehead atoms. The fourth-order valence-electron chi connectivity index (χ4n) is 1.56. The average molecular weight is 316 g/mol. The predicted molar refractivity (Wildman–Crippen MR) is 75.8 cm³/mol. The number of hydrogen-bond donors (Lipinski definition) is 1. The van der Waals surface area contributed by atoms with Crippen LogP contribution in [-0.2, 0) is 0 Å². The summed E-state index contributed by atoms with van der Waals surface area (Å²) in [5.74, 6) is -0.257. The number of aryl methyl sites for hydroxylation is 1. The molecular formula is C14H10BrN3O. The van der Waals surface area contributed by atoms with E-state index in [0.717, 1.165) is 10.0 Å². The van der Waals surface area contributed by atoms with E-state index in [9.17, 15) is 4.79 Å². The van der Waals surface area contributed by atoms with Crippen molar-refractivity contribution in [2.24, 2.45) is 0 Å². The Balaban J connectivity index is 2.27. The lowest BCUT2D eigenvalue weighted by Gasteiger charge is -2.08. The first-order valence-electron chi connectivity index (χ1n) is 5.53. The molecule has 0 atom stereocenters. The van der Waals surface area contributed by atoms with Gasteiger partial charge in [-0.05, 0) is 46.6 Å². The van der Waals surface area contributed by atoms with E-state index in [2.05, 4.69) is 26.2 Å². The molecular weight excluding hydrogens is 306 g/mol. The van der Waals surface area contributed by atoms with Crippen LogP contribution in [0.3, 0.4) is 0 Å². The lowest BCUT2D eigenvalue weighted by Crippen LogP contribution is -2.13. The number of hydrogen-bond acceptors (Lipinski definition) is 3. The number of nitrogens with one attached hydrogen (secondary N) is 1. The summed E-state index contributed by atoms with van der Waals surface area (Å²) in [4.78, 5) is 16.0. The number of benzene rings is 1. The summed E-state index contributed by atoms with van der Waals surface area (Å²) in [6.07, 6.45) is 3.10. The van der Waals surface area contributed by atoms with Crippen LogP contribution in [0, 0.1) is 18.3 Å². The molecule has 1 aromatic heterocycles. The molecule has 2 aromatic rings. The van der Waals surface area contributed by atoms with E-state index in [4.69, 9.17) is 5.26 Å². The second kappa shape index (κ2) is 5.63. The highest BCUT2D eigenvalue weighted by Crippen LogP contribution is 2.18. The van der Waals surface area contributed by atoms with Crippen molar-refractivity contribution in [1.82, 2.24) is 4.98 Å². The van der Waals surface area contributed by atoms with Crippen molar-refractivity contribution < 1.29 is 4.79 Å². The Bertz CT molecular complexity index is 677. The van der Waals surface area contributed by atoms with E-state index in [-0.39, 0.29) is 5.91 Å². The van der Waals surface area contributed by atoms with Gasteiger partial charge in [0.1, 0.15) is 0 Å². The van der Waals surface area contributed by atoms with Gasteiger partial charge >= 0.3 is 0 Å². The minimum Gasteiger partial charge on any atom is -0.322 e. The van der Waals surface area contributed by atoms with Gasteiger partial charge in [0, 0.05) is 22.6 Å². The Morgan fingerprint density at radius 1 is 1.37 bits per heavy atom. The molecule has 0 fully saturated rings. The summed E-state index contributed by atoms with van der Waals surface area (Å²) in [6, 6.07) is 8.90. The third-order valence-electron chi connectivity index (χ3n) is 2.58. The fraction of sp³-hybridized carbons (Fsp3) is 0.0714. The fourth-order valence-corrected chi connectivity index (χ4v) is 1.92. The summed E-state index contributed by atoms with van der Waals surface area (Å²) in [6.45, 7) is 1.87. The first-order chi connectivity index (χ1) is 9.10. The second-order valence-corrected chi connectivity index (χ2v) is 4.90. The maximum atomic E-state index is 12.1. The molecule has 0 unspecified atom stereocenters. The summed E-state index contributed by atoms with van der Waals surface area (Å²) < 4.78 is 0.739. The molecule has 2 rings (SSSR count). The van der Waals surface area contributed by atoms with Gasteiger partial charge in [-0.2, -0.15) is 5.26 Å². The van der Waals surface area contributed by atoms with Crippen molar-refractivity contribution in [2.45, 2.75) is 6.92 Å². The number of pyridine rings is 1. The van der Waals surface area contributed by atoms with E-state index in [1.165, 1.54) is 6.20 Å². The summed E-state index contributed by atoms with van der Waals surface area (Å²) in [7, 11) is 0. The largest absolute Gasteiger partial charge is 0.322 e. The molecule has 0 saturated carbocycles. The van der Waals surface area contributed by atoms with Gasteiger partial charge in [0.15, 0.2) is 0 Å². The molecule has 5 heteroatoms. The lowest BCUT2D eigenvalue weighted by atomic mass is 10.1. The van der Waals surface area contributed by atoms with Crippen LogP contribution in [-0.4, -0.2) is 10.9 Å². The molecule has 19 heavy (non-hydrogen) atoms. The Hall–Kier alpha value is -2.19. The molecule has 0 aliphatic carbocycles. The molecule has 1 N–H and O–H groups in total. The van der Waals surface area contributed by atoms with E-state index in [1.807, 2.05) is 13.0 Å². The standard InChI is InChI=1S/C14H10BrN3O/c1-9-2-3-10(6-16)4-13(9)18-14(19)11-5-12(15)8-17-7-11/h2-5,7-8H,1H3,(H,18,19).